The number of carboxylic acid groups (broad SMARTS) is 1. The van der Waals surface area contributed by atoms with Crippen LogP contribution >= 0.6 is 0 Å². The highest BCUT2D eigenvalue weighted by Gasteiger charge is 2.20. The molecule has 0 spiro atoms. The van der Waals surface area contributed by atoms with Gasteiger partial charge in [0.2, 0.25) is 0 Å². The third-order valence-corrected chi connectivity index (χ3v) is 2.12. The van der Waals surface area contributed by atoms with E-state index in [1.165, 1.54) is 12.1 Å². The molecule has 6 nitrogen and oxygen atoms in total. The third-order valence-electron chi connectivity index (χ3n) is 2.12. The maximum Gasteiger partial charge on any atom is 0.328 e. The quantitative estimate of drug-likeness (QED) is 0.486. The molecule has 86 valence electrons. The first-order valence-corrected chi connectivity index (χ1v) is 4.56. The van der Waals surface area contributed by atoms with Crippen molar-refractivity contribution in [3.63, 3.8) is 0 Å². The Bertz CT molecular complexity index is 555. The van der Waals surface area contributed by atoms with E-state index in [4.69, 9.17) is 10.4 Å². The number of nitro benzene ring substituents is 1. The lowest BCUT2D eigenvalue weighted by Crippen LogP contribution is -1.98. The van der Waals surface area contributed by atoms with Crippen LogP contribution in [0.1, 0.15) is 16.7 Å². The fourth-order valence-corrected chi connectivity index (χ4v) is 1.34. The molecule has 0 unspecified atom stereocenters. The molecule has 0 aromatic heterocycles. The van der Waals surface area contributed by atoms with Crippen LogP contribution in [0.25, 0.3) is 6.08 Å². The van der Waals surface area contributed by atoms with Crippen molar-refractivity contribution in [3.05, 3.63) is 45.0 Å². The van der Waals surface area contributed by atoms with Crippen molar-refractivity contribution in [1.29, 1.82) is 5.26 Å². The maximum atomic E-state index is 10.9. The summed E-state index contributed by atoms with van der Waals surface area (Å²) in [5.41, 5.74) is 0.152. The van der Waals surface area contributed by atoms with Gasteiger partial charge in [-0.1, -0.05) is 6.07 Å². The van der Waals surface area contributed by atoms with E-state index in [0.29, 0.717) is 5.56 Å². The zero-order valence-electron chi connectivity index (χ0n) is 8.88. The zero-order chi connectivity index (χ0) is 13.0. The fraction of sp³-hybridized carbons (Fsp3) is 0.0909. The molecule has 1 rings (SSSR count). The average molecular weight is 232 g/mol. The van der Waals surface area contributed by atoms with Crippen LogP contribution in [-0.2, 0) is 4.79 Å². The lowest BCUT2D eigenvalue weighted by molar-refractivity contribution is -0.385. The van der Waals surface area contributed by atoms with Gasteiger partial charge < -0.3 is 5.11 Å². The minimum atomic E-state index is -1.21. The fourth-order valence-electron chi connectivity index (χ4n) is 1.34. The number of hydrogen-bond donors (Lipinski definition) is 1. The van der Waals surface area contributed by atoms with Crippen LogP contribution in [-0.4, -0.2) is 16.0 Å². The lowest BCUT2D eigenvalue weighted by atomic mass is 10.0. The molecule has 0 atom stereocenters. The van der Waals surface area contributed by atoms with E-state index in [-0.39, 0.29) is 16.8 Å². The van der Waals surface area contributed by atoms with Crippen LogP contribution < -0.4 is 0 Å². The van der Waals surface area contributed by atoms with Crippen molar-refractivity contribution in [3.8, 4) is 6.07 Å². The Morgan fingerprint density at radius 2 is 2.24 bits per heavy atom. The lowest BCUT2D eigenvalue weighted by Gasteiger charge is -2.02. The number of carboxylic acids is 1. The molecule has 0 heterocycles. The van der Waals surface area contributed by atoms with Crippen LogP contribution in [0, 0.1) is 28.4 Å². The summed E-state index contributed by atoms with van der Waals surface area (Å²) < 4.78 is 0. The topological polar surface area (TPSA) is 104 Å². The van der Waals surface area contributed by atoms with Crippen LogP contribution in [0.4, 0.5) is 5.69 Å². The Morgan fingerprint density at radius 3 is 2.71 bits per heavy atom. The summed E-state index contributed by atoms with van der Waals surface area (Å²) in [5.74, 6) is -1.21. The van der Waals surface area contributed by atoms with Gasteiger partial charge in [-0.05, 0) is 24.6 Å². The largest absolute Gasteiger partial charge is 0.478 e. The van der Waals surface area contributed by atoms with E-state index >= 15 is 0 Å². The Balaban J connectivity index is 3.47. The smallest absolute Gasteiger partial charge is 0.328 e. The van der Waals surface area contributed by atoms with Gasteiger partial charge >= 0.3 is 5.97 Å². The van der Waals surface area contributed by atoms with E-state index in [9.17, 15) is 14.9 Å². The van der Waals surface area contributed by atoms with E-state index < -0.39 is 10.9 Å². The summed E-state index contributed by atoms with van der Waals surface area (Å²) in [7, 11) is 0. The normalized spacial score (nSPS) is 10.1. The summed E-state index contributed by atoms with van der Waals surface area (Å²) in [4.78, 5) is 20.5. The molecule has 0 aliphatic rings. The average Bonchev–Trinajstić information content (AvgIpc) is 2.26. The Morgan fingerprint density at radius 1 is 1.59 bits per heavy atom. The van der Waals surface area contributed by atoms with E-state index in [1.807, 2.05) is 0 Å². The van der Waals surface area contributed by atoms with Crippen LogP contribution in [0.5, 0.6) is 0 Å². The number of nitriles is 1. The van der Waals surface area contributed by atoms with Crippen molar-refractivity contribution >= 4 is 17.7 Å². The van der Waals surface area contributed by atoms with Crippen LogP contribution in [0.2, 0.25) is 0 Å². The molecule has 0 saturated carbocycles. The molecule has 0 radical (unpaired) electrons. The van der Waals surface area contributed by atoms with E-state index in [2.05, 4.69) is 0 Å². The highest BCUT2D eigenvalue weighted by Crippen LogP contribution is 2.27. The standard InChI is InChI=1S/C11H8N2O4/c1-7-2-3-8(4-5-10(14)15)11(13(16)17)9(7)6-12/h2-5H,1H3,(H,14,15)/b5-4+. The molecular formula is C11H8N2O4. The number of benzene rings is 1. The Hall–Kier alpha value is -2.68. The van der Waals surface area contributed by atoms with Gasteiger partial charge in [-0.2, -0.15) is 5.26 Å². The van der Waals surface area contributed by atoms with Gasteiger partial charge in [0.05, 0.1) is 10.5 Å². The van der Waals surface area contributed by atoms with Crippen molar-refractivity contribution in [1.82, 2.24) is 0 Å². The molecule has 0 bridgehead atoms. The summed E-state index contributed by atoms with van der Waals surface area (Å²) >= 11 is 0. The molecule has 0 aliphatic heterocycles. The Labute approximate surface area is 96.6 Å². The van der Waals surface area contributed by atoms with Gasteiger partial charge in [-0.25, -0.2) is 4.79 Å². The van der Waals surface area contributed by atoms with Gasteiger partial charge in [-0.3, -0.25) is 10.1 Å². The van der Waals surface area contributed by atoms with Crippen molar-refractivity contribution in [2.45, 2.75) is 6.92 Å². The van der Waals surface area contributed by atoms with Gasteiger partial charge in [0.15, 0.2) is 0 Å². The third kappa shape index (κ3) is 2.66. The molecule has 1 aromatic rings. The van der Waals surface area contributed by atoms with Gasteiger partial charge in [0.1, 0.15) is 11.6 Å². The SMILES string of the molecule is Cc1ccc(/C=C/C(=O)O)c([N+](=O)[O-])c1C#N. The second-order valence-electron chi connectivity index (χ2n) is 3.24. The van der Waals surface area contributed by atoms with E-state index in [1.54, 1.807) is 13.0 Å². The first-order chi connectivity index (χ1) is 7.97. The summed E-state index contributed by atoms with van der Waals surface area (Å²) in [6, 6.07) is 4.70. The molecule has 6 heteroatoms. The van der Waals surface area contributed by atoms with Crippen molar-refractivity contribution in [2.75, 3.05) is 0 Å². The molecule has 0 saturated heterocycles. The molecule has 1 N–H and O–H groups in total. The van der Waals surface area contributed by atoms with Gasteiger partial charge in [-0.15, -0.1) is 0 Å². The molecule has 0 amide bonds. The van der Waals surface area contributed by atoms with Crippen LogP contribution in [0.3, 0.4) is 0 Å². The minimum Gasteiger partial charge on any atom is -0.478 e. The minimum absolute atomic E-state index is 0.0532. The van der Waals surface area contributed by atoms with Gasteiger partial charge in [0, 0.05) is 6.08 Å². The molecule has 0 aliphatic carbocycles. The van der Waals surface area contributed by atoms with Crippen molar-refractivity contribution < 1.29 is 14.8 Å². The highest BCUT2D eigenvalue weighted by molar-refractivity contribution is 5.86. The number of rotatable bonds is 3. The molecule has 1 aromatic carbocycles. The number of nitrogens with zero attached hydrogens (tertiary/aromatic N) is 2. The first kappa shape index (κ1) is 12.4. The second-order valence-corrected chi connectivity index (χ2v) is 3.24. The predicted octanol–water partition coefficient (Wildman–Crippen LogP) is 1.87. The Kier molecular flexibility index (Phi) is 3.57. The predicted molar refractivity (Wildman–Crippen MR) is 59.2 cm³/mol. The van der Waals surface area contributed by atoms with Crippen molar-refractivity contribution in [2.24, 2.45) is 0 Å². The number of aliphatic carboxylic acids is 1. The summed E-state index contributed by atoms with van der Waals surface area (Å²) in [6.07, 6.45) is 1.89. The molecule has 0 fully saturated rings. The number of nitro groups is 1. The maximum absolute atomic E-state index is 10.9. The van der Waals surface area contributed by atoms with E-state index in [0.717, 1.165) is 12.2 Å². The number of carbonyl (C=O) groups is 1. The summed E-state index contributed by atoms with van der Waals surface area (Å²) in [6.45, 7) is 1.58. The number of aryl methyl sites for hydroxylation is 1. The second kappa shape index (κ2) is 4.90. The van der Waals surface area contributed by atoms with Gasteiger partial charge in [0.25, 0.3) is 5.69 Å². The molecular weight excluding hydrogens is 224 g/mol. The highest BCUT2D eigenvalue weighted by atomic mass is 16.6. The monoisotopic (exact) mass is 232 g/mol. The molecule has 17 heavy (non-hydrogen) atoms. The number of hydrogen-bond acceptors (Lipinski definition) is 4. The first-order valence-electron chi connectivity index (χ1n) is 4.56. The zero-order valence-corrected chi connectivity index (χ0v) is 8.88. The summed E-state index contributed by atoms with van der Waals surface area (Å²) in [5, 5.41) is 28.2. The van der Waals surface area contributed by atoms with Crippen LogP contribution in [0.15, 0.2) is 18.2 Å².